The molecule has 2 rings (SSSR count). The molecule has 0 saturated carbocycles. The molecule has 0 aromatic heterocycles. The summed E-state index contributed by atoms with van der Waals surface area (Å²) in [7, 11) is 0. The van der Waals surface area contributed by atoms with Crippen molar-refractivity contribution >= 4 is 0 Å². The van der Waals surface area contributed by atoms with Crippen molar-refractivity contribution in [3.8, 4) is 0 Å². The van der Waals surface area contributed by atoms with Crippen LogP contribution in [0.5, 0.6) is 0 Å². The molecule has 0 heterocycles. The first-order valence-corrected chi connectivity index (χ1v) is 7.74. The molecule has 106 valence electrons. The van der Waals surface area contributed by atoms with E-state index in [0.29, 0.717) is 23.3 Å². The largest absolute Gasteiger partial charge is 0.309 e. The van der Waals surface area contributed by atoms with Crippen LogP contribution in [0.25, 0.3) is 0 Å². The summed E-state index contributed by atoms with van der Waals surface area (Å²) in [4.78, 5) is 0. The van der Waals surface area contributed by atoms with Gasteiger partial charge in [0.15, 0.2) is 0 Å². The molecule has 1 aromatic rings. The van der Waals surface area contributed by atoms with Gasteiger partial charge in [-0.05, 0) is 41.2 Å². The number of fused-ring (bicyclic) bond motifs is 1. The zero-order valence-electron chi connectivity index (χ0n) is 13.2. The lowest BCUT2D eigenvalue weighted by Crippen LogP contribution is -2.37. The van der Waals surface area contributed by atoms with E-state index < -0.39 is 0 Å². The Morgan fingerprint density at radius 1 is 1.16 bits per heavy atom. The second kappa shape index (κ2) is 5.66. The van der Waals surface area contributed by atoms with Gasteiger partial charge in [-0.2, -0.15) is 0 Å². The summed E-state index contributed by atoms with van der Waals surface area (Å²) in [6.07, 6.45) is 2.57. The minimum absolute atomic E-state index is 0.359. The van der Waals surface area contributed by atoms with Crippen molar-refractivity contribution in [1.29, 1.82) is 0 Å². The molecule has 1 heteroatoms. The van der Waals surface area contributed by atoms with Crippen LogP contribution in [-0.2, 0) is 0 Å². The van der Waals surface area contributed by atoms with Gasteiger partial charge in [-0.15, -0.1) is 0 Å². The lowest BCUT2D eigenvalue weighted by molar-refractivity contribution is 0.223. The fourth-order valence-corrected chi connectivity index (χ4v) is 2.81. The SMILES string of the molecule is CC1CCC(NCC(C)(C)C(C)C)c2ccccc21. The molecule has 0 bridgehead atoms. The Kier molecular flexibility index (Phi) is 4.35. The highest BCUT2D eigenvalue weighted by molar-refractivity contribution is 5.34. The fraction of sp³-hybridized carbons (Fsp3) is 0.667. The molecule has 1 aliphatic rings. The highest BCUT2D eigenvalue weighted by Gasteiger charge is 2.27. The van der Waals surface area contributed by atoms with Crippen LogP contribution in [0.2, 0.25) is 0 Å². The highest BCUT2D eigenvalue weighted by Crippen LogP contribution is 2.37. The molecule has 0 radical (unpaired) electrons. The molecule has 0 spiro atoms. The molecule has 2 atom stereocenters. The van der Waals surface area contributed by atoms with Crippen LogP contribution < -0.4 is 5.32 Å². The van der Waals surface area contributed by atoms with E-state index >= 15 is 0 Å². The topological polar surface area (TPSA) is 12.0 Å². The summed E-state index contributed by atoms with van der Waals surface area (Å²) in [5.41, 5.74) is 3.44. The van der Waals surface area contributed by atoms with Gasteiger partial charge in [0, 0.05) is 12.6 Å². The molecule has 1 aliphatic carbocycles. The van der Waals surface area contributed by atoms with Crippen molar-refractivity contribution in [2.24, 2.45) is 11.3 Å². The van der Waals surface area contributed by atoms with Gasteiger partial charge in [0.25, 0.3) is 0 Å². The molecule has 0 fully saturated rings. The van der Waals surface area contributed by atoms with Gasteiger partial charge in [0.2, 0.25) is 0 Å². The number of nitrogens with one attached hydrogen (secondary N) is 1. The quantitative estimate of drug-likeness (QED) is 0.811. The van der Waals surface area contributed by atoms with Gasteiger partial charge in [0.05, 0.1) is 0 Å². The minimum atomic E-state index is 0.359. The minimum Gasteiger partial charge on any atom is -0.309 e. The summed E-state index contributed by atoms with van der Waals surface area (Å²) >= 11 is 0. The van der Waals surface area contributed by atoms with Crippen LogP contribution in [0.3, 0.4) is 0 Å². The van der Waals surface area contributed by atoms with Crippen molar-refractivity contribution < 1.29 is 0 Å². The van der Waals surface area contributed by atoms with Crippen LogP contribution in [0.1, 0.15) is 70.5 Å². The van der Waals surface area contributed by atoms with Crippen LogP contribution in [0, 0.1) is 11.3 Å². The second-order valence-corrected chi connectivity index (χ2v) is 7.18. The Labute approximate surface area is 118 Å². The lowest BCUT2D eigenvalue weighted by Gasteiger charge is -2.35. The van der Waals surface area contributed by atoms with Gasteiger partial charge in [-0.25, -0.2) is 0 Å². The van der Waals surface area contributed by atoms with Crippen molar-refractivity contribution in [2.75, 3.05) is 6.54 Å². The van der Waals surface area contributed by atoms with Crippen molar-refractivity contribution in [3.05, 3.63) is 35.4 Å². The number of hydrogen-bond acceptors (Lipinski definition) is 1. The molecule has 2 unspecified atom stereocenters. The first kappa shape index (κ1) is 14.6. The van der Waals surface area contributed by atoms with Gasteiger partial charge < -0.3 is 5.32 Å². The maximum Gasteiger partial charge on any atom is 0.0323 e. The Bertz CT molecular complexity index is 419. The predicted octanol–water partition coefficient (Wildman–Crippen LogP) is 4.90. The Morgan fingerprint density at radius 3 is 2.42 bits per heavy atom. The molecular weight excluding hydrogens is 230 g/mol. The van der Waals surface area contributed by atoms with E-state index in [1.165, 1.54) is 18.4 Å². The van der Waals surface area contributed by atoms with E-state index in [2.05, 4.69) is 64.2 Å². The van der Waals surface area contributed by atoms with Gasteiger partial charge >= 0.3 is 0 Å². The van der Waals surface area contributed by atoms with Crippen molar-refractivity contribution in [1.82, 2.24) is 5.32 Å². The van der Waals surface area contributed by atoms with E-state index in [1.54, 1.807) is 5.56 Å². The smallest absolute Gasteiger partial charge is 0.0323 e. The summed E-state index contributed by atoms with van der Waals surface area (Å²) in [5.74, 6) is 1.42. The normalized spacial score (nSPS) is 23.5. The van der Waals surface area contributed by atoms with Gasteiger partial charge in [-0.3, -0.25) is 0 Å². The molecular formula is C18H29N. The lowest BCUT2D eigenvalue weighted by atomic mass is 9.78. The molecule has 0 amide bonds. The Morgan fingerprint density at radius 2 is 1.79 bits per heavy atom. The zero-order chi connectivity index (χ0) is 14.0. The fourth-order valence-electron chi connectivity index (χ4n) is 2.81. The number of benzene rings is 1. The maximum atomic E-state index is 3.82. The van der Waals surface area contributed by atoms with Crippen LogP contribution >= 0.6 is 0 Å². The van der Waals surface area contributed by atoms with Crippen LogP contribution in [-0.4, -0.2) is 6.54 Å². The third kappa shape index (κ3) is 3.20. The van der Waals surface area contributed by atoms with E-state index in [4.69, 9.17) is 0 Å². The molecule has 0 saturated heterocycles. The molecule has 1 N–H and O–H groups in total. The van der Waals surface area contributed by atoms with E-state index in [-0.39, 0.29) is 0 Å². The Hall–Kier alpha value is -0.820. The third-order valence-electron chi connectivity index (χ3n) is 5.16. The molecule has 0 aliphatic heterocycles. The predicted molar refractivity (Wildman–Crippen MR) is 83.5 cm³/mol. The van der Waals surface area contributed by atoms with E-state index in [9.17, 15) is 0 Å². The summed E-state index contributed by atoms with van der Waals surface area (Å²) in [6, 6.07) is 9.52. The molecule has 1 nitrogen and oxygen atoms in total. The van der Waals surface area contributed by atoms with Crippen molar-refractivity contribution in [2.45, 2.75) is 59.4 Å². The molecule has 19 heavy (non-hydrogen) atoms. The highest BCUT2D eigenvalue weighted by atomic mass is 14.9. The average molecular weight is 259 g/mol. The first-order chi connectivity index (χ1) is 8.92. The first-order valence-electron chi connectivity index (χ1n) is 7.74. The number of hydrogen-bond donors (Lipinski definition) is 1. The monoisotopic (exact) mass is 259 g/mol. The van der Waals surface area contributed by atoms with Crippen LogP contribution in [0.4, 0.5) is 0 Å². The summed E-state index contributed by atoms with van der Waals surface area (Å²) in [5, 5.41) is 3.82. The standard InChI is InChI=1S/C18H29N/c1-13(2)18(4,5)12-19-17-11-10-14(3)15-8-6-7-9-16(15)17/h6-9,13-14,17,19H,10-12H2,1-5H3. The second-order valence-electron chi connectivity index (χ2n) is 7.18. The number of rotatable bonds is 4. The third-order valence-corrected chi connectivity index (χ3v) is 5.16. The van der Waals surface area contributed by atoms with E-state index in [1.807, 2.05) is 0 Å². The molecule has 1 aromatic carbocycles. The van der Waals surface area contributed by atoms with Crippen LogP contribution in [0.15, 0.2) is 24.3 Å². The van der Waals surface area contributed by atoms with Crippen molar-refractivity contribution in [3.63, 3.8) is 0 Å². The van der Waals surface area contributed by atoms with Gasteiger partial charge in [-0.1, -0.05) is 58.9 Å². The van der Waals surface area contributed by atoms with E-state index in [0.717, 1.165) is 6.54 Å². The zero-order valence-corrected chi connectivity index (χ0v) is 13.2. The average Bonchev–Trinajstić information content (AvgIpc) is 2.38. The summed E-state index contributed by atoms with van der Waals surface area (Å²) in [6.45, 7) is 12.8. The Balaban J connectivity index is 2.09. The summed E-state index contributed by atoms with van der Waals surface area (Å²) < 4.78 is 0. The maximum absolute atomic E-state index is 3.82. The van der Waals surface area contributed by atoms with Gasteiger partial charge in [0.1, 0.15) is 0 Å².